The van der Waals surface area contributed by atoms with Crippen LogP contribution in [0, 0.1) is 11.3 Å². The molecule has 0 unspecified atom stereocenters. The van der Waals surface area contributed by atoms with Gasteiger partial charge in [-0.15, -0.1) is 0 Å². The summed E-state index contributed by atoms with van der Waals surface area (Å²) in [5, 5.41) is 13.6. The number of hydrogen-bond acceptors (Lipinski definition) is 6. The van der Waals surface area contributed by atoms with E-state index >= 15 is 0 Å². The van der Waals surface area contributed by atoms with E-state index in [9.17, 15) is 10.1 Å². The minimum Gasteiger partial charge on any atom is -0.483 e. The summed E-state index contributed by atoms with van der Waals surface area (Å²) in [5.41, 5.74) is 13.9. The molecule has 0 bridgehead atoms. The van der Waals surface area contributed by atoms with Gasteiger partial charge in [0, 0.05) is 24.4 Å². The molecular formula is C18H16N6O2. The van der Waals surface area contributed by atoms with Gasteiger partial charge in [0.15, 0.2) is 6.61 Å². The molecular weight excluding hydrogens is 332 g/mol. The average Bonchev–Trinajstić information content (AvgIpc) is 3.05. The second-order valence-corrected chi connectivity index (χ2v) is 5.52. The number of amides is 1. The van der Waals surface area contributed by atoms with Gasteiger partial charge in [0.05, 0.1) is 11.4 Å². The standard InChI is InChI=1S/C18H16N6O2/c1-24-15(6-7-22-24)12-8-14(23-18(21)13(12)9-19)11-4-2-3-5-16(11)26-10-17(20)25/h2-8H,10H2,1H3,(H2,20,25)(H2,21,23). The number of ether oxygens (including phenoxy) is 1. The third-order valence-electron chi connectivity index (χ3n) is 3.79. The monoisotopic (exact) mass is 348 g/mol. The molecule has 130 valence electrons. The van der Waals surface area contributed by atoms with Crippen molar-refractivity contribution >= 4 is 11.7 Å². The van der Waals surface area contributed by atoms with Crippen LogP contribution in [-0.4, -0.2) is 27.3 Å². The van der Waals surface area contributed by atoms with Crippen LogP contribution in [0.5, 0.6) is 5.75 Å². The highest BCUT2D eigenvalue weighted by atomic mass is 16.5. The van der Waals surface area contributed by atoms with Gasteiger partial charge in [0.25, 0.3) is 5.91 Å². The lowest BCUT2D eigenvalue weighted by Crippen LogP contribution is -2.20. The molecule has 0 saturated heterocycles. The van der Waals surface area contributed by atoms with Gasteiger partial charge in [-0.25, -0.2) is 4.98 Å². The van der Waals surface area contributed by atoms with Crippen molar-refractivity contribution in [3.63, 3.8) is 0 Å². The topological polar surface area (TPSA) is 133 Å². The fourth-order valence-electron chi connectivity index (χ4n) is 2.61. The van der Waals surface area contributed by atoms with Gasteiger partial charge in [-0.1, -0.05) is 12.1 Å². The fourth-order valence-corrected chi connectivity index (χ4v) is 2.61. The number of nitriles is 1. The Kier molecular flexibility index (Phi) is 4.53. The van der Waals surface area contributed by atoms with Gasteiger partial charge in [0.1, 0.15) is 23.2 Å². The minimum absolute atomic E-state index is 0.103. The van der Waals surface area contributed by atoms with Crippen LogP contribution in [0.1, 0.15) is 5.56 Å². The average molecular weight is 348 g/mol. The number of anilines is 1. The Bertz CT molecular complexity index is 1020. The van der Waals surface area contributed by atoms with Crippen LogP contribution in [0.3, 0.4) is 0 Å². The third-order valence-corrected chi connectivity index (χ3v) is 3.79. The van der Waals surface area contributed by atoms with Crippen molar-refractivity contribution in [2.45, 2.75) is 0 Å². The van der Waals surface area contributed by atoms with E-state index in [1.165, 1.54) is 0 Å². The lowest BCUT2D eigenvalue weighted by molar-refractivity contribution is -0.119. The Morgan fingerprint density at radius 2 is 2.08 bits per heavy atom. The number of aromatic nitrogens is 3. The van der Waals surface area contributed by atoms with Gasteiger partial charge in [-0.2, -0.15) is 10.4 Å². The van der Waals surface area contributed by atoms with Crippen LogP contribution >= 0.6 is 0 Å². The first-order valence-corrected chi connectivity index (χ1v) is 7.70. The number of carbonyl (C=O) groups excluding carboxylic acids is 1. The fraction of sp³-hybridized carbons (Fsp3) is 0.111. The van der Waals surface area contributed by atoms with Gasteiger partial charge in [-0.3, -0.25) is 9.48 Å². The first-order chi connectivity index (χ1) is 12.5. The zero-order valence-corrected chi connectivity index (χ0v) is 14.0. The molecule has 0 aliphatic heterocycles. The van der Waals surface area contributed by atoms with Crippen molar-refractivity contribution in [2.75, 3.05) is 12.3 Å². The van der Waals surface area contributed by atoms with E-state index in [2.05, 4.69) is 16.2 Å². The summed E-state index contributed by atoms with van der Waals surface area (Å²) < 4.78 is 7.11. The number of pyridine rings is 1. The number of aryl methyl sites for hydroxylation is 1. The minimum atomic E-state index is -0.581. The number of primary amides is 1. The second-order valence-electron chi connectivity index (χ2n) is 5.52. The zero-order chi connectivity index (χ0) is 18.7. The van der Waals surface area contributed by atoms with E-state index in [4.69, 9.17) is 16.2 Å². The Morgan fingerprint density at radius 3 is 2.73 bits per heavy atom. The lowest BCUT2D eigenvalue weighted by Gasteiger charge is -2.13. The Hall–Kier alpha value is -3.86. The molecule has 8 heteroatoms. The Labute approximate surface area is 149 Å². The predicted octanol–water partition coefficient (Wildman–Crippen LogP) is 1.47. The molecule has 0 aliphatic carbocycles. The molecule has 2 heterocycles. The Balaban J connectivity index is 2.16. The zero-order valence-electron chi connectivity index (χ0n) is 14.0. The highest BCUT2D eigenvalue weighted by molar-refractivity contribution is 5.81. The van der Waals surface area contributed by atoms with Crippen molar-refractivity contribution in [2.24, 2.45) is 12.8 Å². The molecule has 0 fully saturated rings. The van der Waals surface area contributed by atoms with E-state index in [1.807, 2.05) is 6.07 Å². The number of nitrogen functional groups attached to an aromatic ring is 1. The molecule has 0 saturated carbocycles. The molecule has 26 heavy (non-hydrogen) atoms. The van der Waals surface area contributed by atoms with Crippen LogP contribution in [0.25, 0.3) is 22.5 Å². The second kappa shape index (κ2) is 6.94. The van der Waals surface area contributed by atoms with Gasteiger partial charge in [0.2, 0.25) is 0 Å². The highest BCUT2D eigenvalue weighted by Crippen LogP contribution is 2.34. The normalized spacial score (nSPS) is 10.3. The van der Waals surface area contributed by atoms with Gasteiger partial charge >= 0.3 is 0 Å². The molecule has 0 radical (unpaired) electrons. The van der Waals surface area contributed by atoms with Crippen molar-refractivity contribution in [1.82, 2.24) is 14.8 Å². The van der Waals surface area contributed by atoms with Crippen molar-refractivity contribution in [1.29, 1.82) is 5.26 Å². The molecule has 1 amide bonds. The molecule has 8 nitrogen and oxygen atoms in total. The first-order valence-electron chi connectivity index (χ1n) is 7.70. The summed E-state index contributed by atoms with van der Waals surface area (Å²) in [5.74, 6) is -0.0348. The molecule has 4 N–H and O–H groups in total. The summed E-state index contributed by atoms with van der Waals surface area (Å²) in [6.07, 6.45) is 1.64. The van der Waals surface area contributed by atoms with Crippen LogP contribution in [0.4, 0.5) is 5.82 Å². The largest absolute Gasteiger partial charge is 0.483 e. The molecule has 0 atom stereocenters. The molecule has 3 rings (SSSR count). The summed E-state index contributed by atoms with van der Waals surface area (Å²) in [7, 11) is 1.77. The van der Waals surface area contributed by atoms with Crippen LogP contribution in [0.2, 0.25) is 0 Å². The SMILES string of the molecule is Cn1nccc1-c1cc(-c2ccccc2OCC(N)=O)nc(N)c1C#N. The summed E-state index contributed by atoms with van der Waals surface area (Å²) in [6, 6.07) is 12.7. The number of benzene rings is 1. The van der Waals surface area contributed by atoms with Crippen molar-refractivity contribution in [3.05, 3.63) is 48.2 Å². The smallest absolute Gasteiger partial charge is 0.255 e. The van der Waals surface area contributed by atoms with E-state index < -0.39 is 5.91 Å². The van der Waals surface area contributed by atoms with Gasteiger partial charge in [-0.05, 0) is 24.3 Å². The van der Waals surface area contributed by atoms with Crippen LogP contribution in [-0.2, 0) is 11.8 Å². The molecule has 2 aromatic heterocycles. The summed E-state index contributed by atoms with van der Waals surface area (Å²) >= 11 is 0. The van der Waals surface area contributed by atoms with Crippen molar-refractivity contribution < 1.29 is 9.53 Å². The number of nitrogens with two attached hydrogens (primary N) is 2. The maximum atomic E-state index is 11.0. The molecule has 0 aliphatic rings. The lowest BCUT2D eigenvalue weighted by atomic mass is 10.0. The molecule has 3 aromatic rings. The van der Waals surface area contributed by atoms with Crippen LogP contribution < -0.4 is 16.2 Å². The first kappa shape index (κ1) is 17.0. The Morgan fingerprint density at radius 1 is 1.31 bits per heavy atom. The maximum absolute atomic E-state index is 11.0. The van der Waals surface area contributed by atoms with E-state index in [-0.39, 0.29) is 18.0 Å². The van der Waals surface area contributed by atoms with Crippen molar-refractivity contribution in [3.8, 4) is 34.3 Å². The highest BCUT2D eigenvalue weighted by Gasteiger charge is 2.17. The third kappa shape index (κ3) is 3.18. The maximum Gasteiger partial charge on any atom is 0.255 e. The molecule has 1 aromatic carbocycles. The molecule has 0 spiro atoms. The number of carbonyl (C=O) groups is 1. The number of nitrogens with zero attached hydrogens (tertiary/aromatic N) is 4. The number of hydrogen-bond donors (Lipinski definition) is 2. The van der Waals surface area contributed by atoms with Gasteiger partial charge < -0.3 is 16.2 Å². The number of rotatable bonds is 5. The van der Waals surface area contributed by atoms with E-state index in [1.54, 1.807) is 48.3 Å². The van der Waals surface area contributed by atoms with E-state index in [0.29, 0.717) is 22.6 Å². The predicted molar refractivity (Wildman–Crippen MR) is 95.7 cm³/mol. The van der Waals surface area contributed by atoms with Crippen LogP contribution in [0.15, 0.2) is 42.6 Å². The summed E-state index contributed by atoms with van der Waals surface area (Å²) in [4.78, 5) is 15.4. The summed E-state index contributed by atoms with van der Waals surface area (Å²) in [6.45, 7) is -0.253. The number of para-hydroxylation sites is 1. The van der Waals surface area contributed by atoms with E-state index in [0.717, 1.165) is 5.69 Å². The quantitative estimate of drug-likeness (QED) is 0.717.